The molecule has 2 aliphatic rings. The van der Waals surface area contributed by atoms with Gasteiger partial charge in [0.25, 0.3) is 0 Å². The van der Waals surface area contributed by atoms with Gasteiger partial charge in [-0.1, -0.05) is 62.4 Å². The zero-order valence-corrected chi connectivity index (χ0v) is 28.5. The Morgan fingerprint density at radius 1 is 0.936 bits per heavy atom. The highest BCUT2D eigenvalue weighted by molar-refractivity contribution is 6.35. The van der Waals surface area contributed by atoms with Gasteiger partial charge in [0.2, 0.25) is 0 Å². The van der Waals surface area contributed by atoms with Crippen LogP contribution in [0.3, 0.4) is 0 Å². The highest BCUT2D eigenvalue weighted by atomic mass is 16.5. The Balaban J connectivity index is 1.35. The van der Waals surface area contributed by atoms with E-state index in [1.165, 1.54) is 6.42 Å². The summed E-state index contributed by atoms with van der Waals surface area (Å²) in [6.07, 6.45) is 7.87. The summed E-state index contributed by atoms with van der Waals surface area (Å²) in [7, 11) is 4.92. The predicted octanol–water partition coefficient (Wildman–Crippen LogP) is 4.64. The quantitative estimate of drug-likeness (QED) is 0.157. The summed E-state index contributed by atoms with van der Waals surface area (Å²) in [5.41, 5.74) is 2.03. The molecule has 1 saturated carbocycles. The second kappa shape index (κ2) is 19.6. The molecule has 3 N–H and O–H groups in total. The van der Waals surface area contributed by atoms with Gasteiger partial charge in [0.15, 0.2) is 0 Å². The lowest BCUT2D eigenvalue weighted by atomic mass is 9.83. The van der Waals surface area contributed by atoms with Gasteiger partial charge in [-0.05, 0) is 54.9 Å². The Labute approximate surface area is 280 Å². The maximum absolute atomic E-state index is 13.5. The van der Waals surface area contributed by atoms with Gasteiger partial charge in [-0.15, -0.1) is 0 Å². The molecule has 1 aliphatic heterocycles. The number of nitrogens with one attached hydrogen (secondary N) is 2. The van der Waals surface area contributed by atoms with Gasteiger partial charge in [0, 0.05) is 58.5 Å². The number of carbonyl (C=O) groups excluding carboxylic acids is 2. The Hall–Kier alpha value is -3.18. The van der Waals surface area contributed by atoms with Gasteiger partial charge in [0.05, 0.1) is 32.5 Å². The van der Waals surface area contributed by atoms with E-state index in [-0.39, 0.29) is 18.6 Å². The van der Waals surface area contributed by atoms with Crippen molar-refractivity contribution in [3.05, 3.63) is 59.7 Å². The average Bonchev–Trinajstić information content (AvgIpc) is 3.59. The minimum atomic E-state index is -0.860. The molecule has 47 heavy (non-hydrogen) atoms. The van der Waals surface area contributed by atoms with Crippen molar-refractivity contribution in [3.63, 3.8) is 0 Å². The van der Waals surface area contributed by atoms with E-state index in [0.717, 1.165) is 56.1 Å². The summed E-state index contributed by atoms with van der Waals surface area (Å²) in [5, 5.41) is 17.6. The SMILES string of the molecule is COCCCCOC(c1ccccc1)C1CCN(C(=O)C(=O)N[C@@H](CC2CCCCC2)[C@H](O)CNCc2cc(OC)cc(OC)c2)C1. The van der Waals surface area contributed by atoms with Crippen molar-refractivity contribution in [3.8, 4) is 11.5 Å². The lowest BCUT2D eigenvalue weighted by molar-refractivity contribution is -0.146. The smallest absolute Gasteiger partial charge is 0.311 e. The van der Waals surface area contributed by atoms with Crippen LogP contribution in [0.25, 0.3) is 0 Å². The largest absolute Gasteiger partial charge is 0.497 e. The minimum absolute atomic E-state index is 0.0830. The molecule has 0 aromatic heterocycles. The van der Waals surface area contributed by atoms with E-state index in [0.29, 0.717) is 56.7 Å². The first-order valence-corrected chi connectivity index (χ1v) is 17.3. The van der Waals surface area contributed by atoms with Crippen LogP contribution in [0.1, 0.15) is 75.0 Å². The third kappa shape index (κ3) is 11.5. The molecule has 2 fully saturated rings. The Morgan fingerprint density at radius 3 is 2.32 bits per heavy atom. The van der Waals surface area contributed by atoms with Gasteiger partial charge in [-0.25, -0.2) is 0 Å². The first kappa shape index (κ1) is 36.7. The van der Waals surface area contributed by atoms with Crippen LogP contribution < -0.4 is 20.1 Å². The first-order valence-electron chi connectivity index (χ1n) is 17.3. The third-order valence-corrected chi connectivity index (χ3v) is 9.49. The molecule has 2 unspecified atom stereocenters. The summed E-state index contributed by atoms with van der Waals surface area (Å²) in [6, 6.07) is 15.2. The Bertz CT molecular complexity index is 1200. The number of aliphatic hydroxyl groups is 1. The summed E-state index contributed by atoms with van der Waals surface area (Å²) < 4.78 is 22.3. The number of benzene rings is 2. The molecule has 4 rings (SSSR count). The minimum Gasteiger partial charge on any atom is -0.497 e. The van der Waals surface area contributed by atoms with Crippen LogP contribution in [0.5, 0.6) is 11.5 Å². The van der Waals surface area contributed by atoms with E-state index in [1.54, 1.807) is 26.2 Å². The van der Waals surface area contributed by atoms with Gasteiger partial charge in [0.1, 0.15) is 11.5 Å². The van der Waals surface area contributed by atoms with Crippen molar-refractivity contribution >= 4 is 11.8 Å². The molecule has 1 heterocycles. The second-order valence-corrected chi connectivity index (χ2v) is 12.9. The number of amides is 2. The molecule has 260 valence electrons. The lowest BCUT2D eigenvalue weighted by Gasteiger charge is -2.30. The van der Waals surface area contributed by atoms with E-state index in [9.17, 15) is 14.7 Å². The monoisotopic (exact) mass is 653 g/mol. The fourth-order valence-corrected chi connectivity index (χ4v) is 6.87. The summed E-state index contributed by atoms with van der Waals surface area (Å²) >= 11 is 0. The number of ether oxygens (including phenoxy) is 4. The molecule has 0 radical (unpaired) electrons. The van der Waals surface area contributed by atoms with Gasteiger partial charge in [-0.2, -0.15) is 0 Å². The van der Waals surface area contributed by atoms with Crippen molar-refractivity contribution in [2.24, 2.45) is 11.8 Å². The molecule has 10 nitrogen and oxygen atoms in total. The van der Waals surface area contributed by atoms with E-state index in [1.807, 2.05) is 36.4 Å². The summed E-state index contributed by atoms with van der Waals surface area (Å²) in [5.74, 6) is 0.674. The first-order chi connectivity index (χ1) is 22.9. The molecule has 0 bridgehead atoms. The molecule has 4 atom stereocenters. The van der Waals surface area contributed by atoms with E-state index >= 15 is 0 Å². The fraction of sp³-hybridized carbons (Fsp3) is 0.622. The number of hydrogen-bond donors (Lipinski definition) is 3. The zero-order valence-electron chi connectivity index (χ0n) is 28.5. The zero-order chi connectivity index (χ0) is 33.4. The van der Waals surface area contributed by atoms with E-state index in [4.69, 9.17) is 18.9 Å². The molecule has 10 heteroatoms. The summed E-state index contributed by atoms with van der Waals surface area (Å²) in [4.78, 5) is 28.6. The third-order valence-electron chi connectivity index (χ3n) is 9.49. The molecule has 0 spiro atoms. The predicted molar refractivity (Wildman–Crippen MR) is 181 cm³/mol. The maximum atomic E-state index is 13.5. The van der Waals surface area contributed by atoms with Crippen molar-refractivity contribution in [2.75, 3.05) is 54.2 Å². The number of unbranched alkanes of at least 4 members (excludes halogenated alkanes) is 1. The molecule has 2 aromatic carbocycles. The number of hydrogen-bond acceptors (Lipinski definition) is 8. The molecule has 1 saturated heterocycles. The highest BCUT2D eigenvalue weighted by Gasteiger charge is 2.37. The average molecular weight is 654 g/mol. The van der Waals surface area contributed by atoms with Crippen LogP contribution in [-0.4, -0.2) is 88.1 Å². The van der Waals surface area contributed by atoms with Crippen LogP contribution in [0.2, 0.25) is 0 Å². The normalized spacial score (nSPS) is 18.8. The molecule has 2 amide bonds. The lowest BCUT2D eigenvalue weighted by Crippen LogP contribution is -2.52. The highest BCUT2D eigenvalue weighted by Crippen LogP contribution is 2.34. The van der Waals surface area contributed by atoms with Crippen molar-refractivity contribution in [2.45, 2.75) is 82.6 Å². The van der Waals surface area contributed by atoms with E-state index < -0.39 is 24.0 Å². The molecule has 1 aliphatic carbocycles. The number of aliphatic hydroxyl groups excluding tert-OH is 1. The molecule has 2 aromatic rings. The van der Waals surface area contributed by atoms with Crippen LogP contribution in [0, 0.1) is 11.8 Å². The number of methoxy groups -OCH3 is 3. The van der Waals surface area contributed by atoms with Crippen molar-refractivity contribution in [1.82, 2.24) is 15.5 Å². The second-order valence-electron chi connectivity index (χ2n) is 12.9. The van der Waals surface area contributed by atoms with Crippen LogP contribution >= 0.6 is 0 Å². The van der Waals surface area contributed by atoms with Crippen LogP contribution in [0.15, 0.2) is 48.5 Å². The van der Waals surface area contributed by atoms with Gasteiger partial charge >= 0.3 is 11.8 Å². The molecular weight excluding hydrogens is 598 g/mol. The fourth-order valence-electron chi connectivity index (χ4n) is 6.87. The van der Waals surface area contributed by atoms with Crippen LogP contribution in [-0.2, 0) is 25.6 Å². The van der Waals surface area contributed by atoms with Crippen molar-refractivity contribution < 1.29 is 33.6 Å². The van der Waals surface area contributed by atoms with Gasteiger partial charge < -0.3 is 39.6 Å². The number of rotatable bonds is 18. The topological polar surface area (TPSA) is 119 Å². The van der Waals surface area contributed by atoms with Crippen LogP contribution in [0.4, 0.5) is 0 Å². The van der Waals surface area contributed by atoms with Gasteiger partial charge in [-0.3, -0.25) is 9.59 Å². The number of carbonyl (C=O) groups is 2. The Morgan fingerprint density at radius 2 is 1.64 bits per heavy atom. The van der Waals surface area contributed by atoms with E-state index in [2.05, 4.69) is 22.8 Å². The van der Waals surface area contributed by atoms with Crippen molar-refractivity contribution in [1.29, 1.82) is 0 Å². The molecular formula is C37H55N3O7. The summed E-state index contributed by atoms with van der Waals surface area (Å²) in [6.45, 7) is 3.00. The number of likely N-dealkylation sites (tertiary alicyclic amines) is 1. The number of nitrogens with zero attached hydrogens (tertiary/aromatic N) is 1. The maximum Gasteiger partial charge on any atom is 0.311 e. The standard InChI is InChI=1S/C37H55N3O7/c1-44-18-10-11-19-47-35(29-14-8-5-9-15-29)30-16-17-40(26-30)37(43)36(42)39-33(22-27-12-6-4-7-13-27)34(41)25-38-24-28-20-31(45-2)23-32(21-28)46-3/h5,8-9,14-15,20-21,23,27,30,33-35,38,41H,4,6-7,10-13,16-19,22,24-26H2,1-3H3,(H,39,42)/t30?,33-,34+,35?/m0/s1. The Kier molecular flexibility index (Phi) is 15.3.